The summed E-state index contributed by atoms with van der Waals surface area (Å²) >= 11 is 0. The maximum atomic E-state index is 12.3. The second-order valence-corrected chi connectivity index (χ2v) is 6.89. The lowest BCUT2D eigenvalue weighted by molar-refractivity contribution is 0.600. The molecular formula is C15H15N5O2S. The summed E-state index contributed by atoms with van der Waals surface area (Å²) in [5.41, 5.74) is 2.96. The Kier molecular flexibility index (Phi) is 4.07. The smallest absolute Gasteiger partial charge is 0.236 e. The van der Waals surface area contributed by atoms with Crippen molar-refractivity contribution in [2.24, 2.45) is 0 Å². The van der Waals surface area contributed by atoms with Crippen molar-refractivity contribution in [1.82, 2.24) is 20.6 Å². The second-order valence-electron chi connectivity index (χ2n) is 5.16. The lowest BCUT2D eigenvalue weighted by Crippen LogP contribution is -2.15. The molecule has 118 valence electrons. The maximum absolute atomic E-state index is 12.3. The van der Waals surface area contributed by atoms with Crippen molar-refractivity contribution in [2.75, 3.05) is 4.72 Å². The summed E-state index contributed by atoms with van der Waals surface area (Å²) in [6.45, 7) is 1.96. The molecule has 8 heteroatoms. The van der Waals surface area contributed by atoms with Gasteiger partial charge in [-0.15, -0.1) is 10.2 Å². The molecule has 3 rings (SSSR count). The van der Waals surface area contributed by atoms with E-state index in [1.54, 1.807) is 24.3 Å². The van der Waals surface area contributed by atoms with Crippen molar-refractivity contribution in [1.29, 1.82) is 0 Å². The van der Waals surface area contributed by atoms with Crippen LogP contribution < -0.4 is 4.72 Å². The summed E-state index contributed by atoms with van der Waals surface area (Å²) < 4.78 is 27.2. The first-order valence-corrected chi connectivity index (χ1v) is 8.57. The standard InChI is InChI=1S/C15H15N5O2S/c1-11-5-7-12(8-6-11)10-23(21,22)18-14-4-2-3-13(9-14)15-16-19-20-17-15/h2-9,18H,10H2,1H3,(H,16,17,19,20). The molecule has 0 saturated heterocycles. The van der Waals surface area contributed by atoms with Crippen molar-refractivity contribution in [3.05, 3.63) is 59.7 Å². The number of anilines is 1. The predicted octanol–water partition coefficient (Wildman–Crippen LogP) is 2.12. The molecule has 0 aliphatic rings. The fourth-order valence-electron chi connectivity index (χ4n) is 2.13. The number of benzene rings is 2. The Morgan fingerprint density at radius 2 is 1.91 bits per heavy atom. The second kappa shape index (κ2) is 6.17. The van der Waals surface area contributed by atoms with Crippen LogP contribution in [-0.2, 0) is 15.8 Å². The Bertz CT molecular complexity index is 890. The van der Waals surface area contributed by atoms with Gasteiger partial charge in [-0.3, -0.25) is 4.72 Å². The lowest BCUT2D eigenvalue weighted by Gasteiger charge is -2.09. The average molecular weight is 329 g/mol. The number of hydrogen-bond donors (Lipinski definition) is 2. The highest BCUT2D eigenvalue weighted by molar-refractivity contribution is 7.91. The summed E-state index contributed by atoms with van der Waals surface area (Å²) in [4.78, 5) is 0. The zero-order chi connectivity index (χ0) is 16.3. The molecule has 0 bridgehead atoms. The Morgan fingerprint density at radius 1 is 1.13 bits per heavy atom. The number of sulfonamides is 1. The third-order valence-electron chi connectivity index (χ3n) is 3.22. The largest absolute Gasteiger partial charge is 0.283 e. The van der Waals surface area contributed by atoms with Gasteiger partial charge in [0.2, 0.25) is 15.8 Å². The summed E-state index contributed by atoms with van der Waals surface area (Å²) in [7, 11) is -3.50. The zero-order valence-corrected chi connectivity index (χ0v) is 13.2. The normalized spacial score (nSPS) is 11.3. The fourth-order valence-corrected chi connectivity index (χ4v) is 3.31. The van der Waals surface area contributed by atoms with Crippen LogP contribution in [0.15, 0.2) is 48.5 Å². The molecule has 0 radical (unpaired) electrons. The van der Waals surface area contributed by atoms with Gasteiger partial charge in [0.15, 0.2) is 0 Å². The molecule has 0 unspecified atom stereocenters. The third kappa shape index (κ3) is 3.92. The minimum atomic E-state index is -3.50. The number of aromatic amines is 1. The summed E-state index contributed by atoms with van der Waals surface area (Å²) in [6, 6.07) is 14.3. The molecule has 0 aliphatic heterocycles. The topological polar surface area (TPSA) is 101 Å². The Balaban J connectivity index is 1.78. The van der Waals surface area contributed by atoms with Gasteiger partial charge in [0, 0.05) is 11.3 Å². The Labute approximate surface area is 133 Å². The van der Waals surface area contributed by atoms with Gasteiger partial charge in [0.25, 0.3) is 0 Å². The number of hydrogen-bond acceptors (Lipinski definition) is 5. The first-order valence-electron chi connectivity index (χ1n) is 6.92. The van der Waals surface area contributed by atoms with Crippen LogP contribution in [-0.4, -0.2) is 29.0 Å². The predicted molar refractivity (Wildman–Crippen MR) is 87.0 cm³/mol. The highest BCUT2D eigenvalue weighted by atomic mass is 32.2. The van der Waals surface area contributed by atoms with Gasteiger partial charge >= 0.3 is 0 Å². The van der Waals surface area contributed by atoms with Crippen molar-refractivity contribution in [3.8, 4) is 11.4 Å². The molecule has 0 amide bonds. The van der Waals surface area contributed by atoms with Crippen LogP contribution in [0.4, 0.5) is 5.69 Å². The Hall–Kier alpha value is -2.74. The molecule has 23 heavy (non-hydrogen) atoms. The summed E-state index contributed by atoms with van der Waals surface area (Å²) in [5.74, 6) is 0.323. The molecule has 0 atom stereocenters. The van der Waals surface area contributed by atoms with Crippen LogP contribution in [0.3, 0.4) is 0 Å². The molecule has 0 saturated carbocycles. The van der Waals surface area contributed by atoms with E-state index in [1.165, 1.54) is 0 Å². The number of nitrogens with one attached hydrogen (secondary N) is 2. The lowest BCUT2D eigenvalue weighted by atomic mass is 10.2. The fraction of sp³-hybridized carbons (Fsp3) is 0.133. The van der Waals surface area contributed by atoms with Gasteiger partial charge in [-0.1, -0.05) is 42.0 Å². The van der Waals surface area contributed by atoms with Crippen LogP contribution in [0.2, 0.25) is 0 Å². The van der Waals surface area contributed by atoms with E-state index in [0.29, 0.717) is 17.1 Å². The van der Waals surface area contributed by atoms with Crippen LogP contribution in [0.25, 0.3) is 11.4 Å². The number of nitrogens with zero attached hydrogens (tertiary/aromatic N) is 3. The monoisotopic (exact) mass is 329 g/mol. The van der Waals surface area contributed by atoms with E-state index in [-0.39, 0.29) is 5.75 Å². The van der Waals surface area contributed by atoms with Crippen LogP contribution in [0, 0.1) is 6.92 Å². The first kappa shape index (κ1) is 15.2. The summed E-state index contributed by atoms with van der Waals surface area (Å²) in [6.07, 6.45) is 0. The molecule has 0 fully saturated rings. The highest BCUT2D eigenvalue weighted by Gasteiger charge is 2.13. The van der Waals surface area contributed by atoms with Crippen LogP contribution in [0.1, 0.15) is 11.1 Å². The SMILES string of the molecule is Cc1ccc(CS(=O)(=O)Nc2cccc(-c3nn[nH]n3)c2)cc1. The molecule has 1 aromatic heterocycles. The van der Waals surface area contributed by atoms with E-state index in [4.69, 9.17) is 0 Å². The first-order chi connectivity index (χ1) is 11.0. The molecule has 2 N–H and O–H groups in total. The quantitative estimate of drug-likeness (QED) is 0.746. The van der Waals surface area contributed by atoms with Crippen LogP contribution in [0.5, 0.6) is 0 Å². The zero-order valence-electron chi connectivity index (χ0n) is 12.4. The molecule has 0 aliphatic carbocycles. The van der Waals surface area contributed by atoms with Gasteiger partial charge in [-0.2, -0.15) is 5.21 Å². The van der Waals surface area contributed by atoms with Crippen molar-refractivity contribution in [2.45, 2.75) is 12.7 Å². The van der Waals surface area contributed by atoms with Crippen molar-refractivity contribution in [3.63, 3.8) is 0 Å². The molecular weight excluding hydrogens is 314 g/mol. The van der Waals surface area contributed by atoms with Gasteiger partial charge < -0.3 is 0 Å². The van der Waals surface area contributed by atoms with E-state index in [1.807, 2.05) is 31.2 Å². The van der Waals surface area contributed by atoms with Crippen molar-refractivity contribution >= 4 is 15.7 Å². The molecule has 1 heterocycles. The minimum Gasteiger partial charge on any atom is -0.283 e. The molecule has 2 aromatic carbocycles. The number of aromatic nitrogens is 4. The number of tetrazole rings is 1. The van der Waals surface area contributed by atoms with E-state index < -0.39 is 10.0 Å². The number of aryl methyl sites for hydroxylation is 1. The van der Waals surface area contributed by atoms with Gasteiger partial charge in [-0.25, -0.2) is 8.42 Å². The maximum Gasteiger partial charge on any atom is 0.236 e. The van der Waals surface area contributed by atoms with Crippen LogP contribution >= 0.6 is 0 Å². The van der Waals surface area contributed by atoms with Gasteiger partial charge in [0.1, 0.15) is 0 Å². The average Bonchev–Trinajstić information content (AvgIpc) is 3.03. The minimum absolute atomic E-state index is 0.0836. The number of rotatable bonds is 5. The van der Waals surface area contributed by atoms with E-state index >= 15 is 0 Å². The van der Waals surface area contributed by atoms with Crippen molar-refractivity contribution < 1.29 is 8.42 Å². The van der Waals surface area contributed by atoms with E-state index in [9.17, 15) is 8.42 Å². The van der Waals surface area contributed by atoms with E-state index in [0.717, 1.165) is 11.1 Å². The third-order valence-corrected chi connectivity index (χ3v) is 4.48. The Morgan fingerprint density at radius 3 is 2.61 bits per heavy atom. The molecule has 7 nitrogen and oxygen atoms in total. The van der Waals surface area contributed by atoms with E-state index in [2.05, 4.69) is 25.3 Å². The molecule has 0 spiro atoms. The van der Waals surface area contributed by atoms with Gasteiger partial charge in [-0.05, 0) is 29.8 Å². The van der Waals surface area contributed by atoms with Gasteiger partial charge in [0.05, 0.1) is 5.75 Å². The molecule has 3 aromatic rings. The number of H-pyrrole nitrogens is 1. The summed E-state index contributed by atoms with van der Waals surface area (Å²) in [5, 5.41) is 13.6. The highest BCUT2D eigenvalue weighted by Crippen LogP contribution is 2.20.